The third kappa shape index (κ3) is 3.05. The van der Waals surface area contributed by atoms with Crippen LogP contribution >= 0.6 is 0 Å². The van der Waals surface area contributed by atoms with Crippen LogP contribution < -0.4 is 22.1 Å². The van der Waals surface area contributed by atoms with E-state index in [-0.39, 0.29) is 23.0 Å². The van der Waals surface area contributed by atoms with Gasteiger partial charge in [-0.25, -0.2) is 4.52 Å². The van der Waals surface area contributed by atoms with Crippen LogP contribution in [-0.2, 0) is 4.74 Å². The molecule has 2 aliphatic rings. The number of nitrogens with zero attached hydrogens (tertiary/aromatic N) is 2. The SMILES string of the molecule is CC1(C)[C@H](Nc2c(C(N)=O)cnn3cc(C4COCCN4)cc23)CC[C@]1(C)N. The lowest BCUT2D eigenvalue weighted by Gasteiger charge is -2.39. The molecule has 0 bridgehead atoms. The third-order valence-electron chi connectivity index (χ3n) is 6.86. The normalized spacial score (nSPS) is 29.9. The highest BCUT2D eigenvalue weighted by molar-refractivity contribution is 6.02. The predicted molar refractivity (Wildman–Crippen MR) is 108 cm³/mol. The minimum atomic E-state index is -0.495. The Hall–Kier alpha value is -2.16. The van der Waals surface area contributed by atoms with Crippen molar-refractivity contribution in [2.75, 3.05) is 25.1 Å². The first-order valence-electron chi connectivity index (χ1n) is 9.88. The average molecular weight is 387 g/mol. The number of hydrogen-bond acceptors (Lipinski definition) is 6. The van der Waals surface area contributed by atoms with Gasteiger partial charge in [-0.05, 0) is 31.4 Å². The molecule has 4 rings (SSSR count). The maximum absolute atomic E-state index is 12.1. The van der Waals surface area contributed by atoms with E-state index in [1.807, 2.05) is 6.20 Å². The summed E-state index contributed by atoms with van der Waals surface area (Å²) in [6, 6.07) is 2.29. The number of anilines is 1. The number of nitrogens with one attached hydrogen (secondary N) is 2. The fraction of sp³-hybridized carbons (Fsp3) is 0.600. The van der Waals surface area contributed by atoms with Gasteiger partial charge in [0.1, 0.15) is 0 Å². The molecule has 1 aliphatic heterocycles. The molecule has 1 saturated heterocycles. The van der Waals surface area contributed by atoms with Gasteiger partial charge in [0.15, 0.2) is 0 Å². The number of rotatable bonds is 4. The fourth-order valence-electron chi connectivity index (χ4n) is 4.34. The second kappa shape index (κ2) is 6.72. The summed E-state index contributed by atoms with van der Waals surface area (Å²) in [6.07, 6.45) is 5.36. The van der Waals surface area contributed by atoms with Gasteiger partial charge in [-0.1, -0.05) is 13.8 Å². The first-order chi connectivity index (χ1) is 13.2. The van der Waals surface area contributed by atoms with Gasteiger partial charge >= 0.3 is 0 Å². The van der Waals surface area contributed by atoms with Crippen molar-refractivity contribution in [3.63, 3.8) is 0 Å². The van der Waals surface area contributed by atoms with Crippen LogP contribution in [0.25, 0.3) is 5.52 Å². The Labute approximate surface area is 165 Å². The Morgan fingerprint density at radius 2 is 2.21 bits per heavy atom. The molecular weight excluding hydrogens is 356 g/mol. The molecule has 1 aliphatic carbocycles. The minimum Gasteiger partial charge on any atom is -0.379 e. The van der Waals surface area contributed by atoms with E-state index in [1.54, 1.807) is 4.52 Å². The van der Waals surface area contributed by atoms with Crippen LogP contribution in [0.1, 0.15) is 55.6 Å². The van der Waals surface area contributed by atoms with E-state index < -0.39 is 5.91 Å². The third-order valence-corrected chi connectivity index (χ3v) is 6.86. The molecule has 0 radical (unpaired) electrons. The van der Waals surface area contributed by atoms with Crippen LogP contribution in [-0.4, -0.2) is 46.9 Å². The van der Waals surface area contributed by atoms with Crippen LogP contribution in [0, 0.1) is 5.41 Å². The second-order valence-electron chi connectivity index (χ2n) is 8.86. The van der Waals surface area contributed by atoms with Gasteiger partial charge in [0.2, 0.25) is 0 Å². The topological polar surface area (TPSA) is 120 Å². The molecule has 3 atom stereocenters. The van der Waals surface area contributed by atoms with Crippen molar-refractivity contribution in [2.24, 2.45) is 16.9 Å². The quantitative estimate of drug-likeness (QED) is 0.631. The maximum Gasteiger partial charge on any atom is 0.252 e. The first-order valence-corrected chi connectivity index (χ1v) is 9.88. The van der Waals surface area contributed by atoms with E-state index in [9.17, 15) is 4.79 Å². The molecule has 2 aromatic rings. The predicted octanol–water partition coefficient (Wildman–Crippen LogP) is 1.41. The number of carbonyl (C=O) groups is 1. The number of fused-ring (bicyclic) bond motifs is 1. The van der Waals surface area contributed by atoms with E-state index in [0.717, 1.165) is 42.8 Å². The number of aromatic nitrogens is 2. The zero-order valence-corrected chi connectivity index (χ0v) is 16.8. The van der Waals surface area contributed by atoms with Crippen molar-refractivity contribution in [3.8, 4) is 0 Å². The Morgan fingerprint density at radius 1 is 1.43 bits per heavy atom. The standard InChI is InChI=1S/C20H30N6O2/c1-19(2)16(4-5-20(19,3)22)25-17-13(18(21)27)9-24-26-10-12(8-15(17)26)14-11-28-7-6-23-14/h8-10,14,16,23,25H,4-7,11,22H2,1-3H3,(H2,21,27)/t14?,16-,20+/m1/s1. The summed E-state index contributed by atoms with van der Waals surface area (Å²) in [4.78, 5) is 12.1. The van der Waals surface area contributed by atoms with Crippen LogP contribution in [0.15, 0.2) is 18.5 Å². The molecule has 0 spiro atoms. The average Bonchev–Trinajstić information content (AvgIpc) is 3.17. The lowest BCUT2D eigenvalue weighted by molar-refractivity contribution is 0.0769. The van der Waals surface area contributed by atoms with Gasteiger partial charge in [0, 0.05) is 29.7 Å². The summed E-state index contributed by atoms with van der Waals surface area (Å²) >= 11 is 0. The largest absolute Gasteiger partial charge is 0.379 e. The zero-order chi connectivity index (χ0) is 20.1. The monoisotopic (exact) mass is 386 g/mol. The number of hydrogen-bond donors (Lipinski definition) is 4. The summed E-state index contributed by atoms with van der Waals surface area (Å²) in [7, 11) is 0. The van der Waals surface area contributed by atoms with Crippen LogP contribution in [0.3, 0.4) is 0 Å². The Balaban J connectivity index is 1.75. The number of carbonyl (C=O) groups excluding carboxylic acids is 1. The van der Waals surface area contributed by atoms with Crippen molar-refractivity contribution in [1.82, 2.24) is 14.9 Å². The summed E-state index contributed by atoms with van der Waals surface area (Å²) in [5.74, 6) is -0.495. The van der Waals surface area contributed by atoms with E-state index >= 15 is 0 Å². The van der Waals surface area contributed by atoms with E-state index in [1.165, 1.54) is 6.20 Å². The van der Waals surface area contributed by atoms with Crippen LogP contribution in [0.4, 0.5) is 5.69 Å². The summed E-state index contributed by atoms with van der Waals surface area (Å²) in [5.41, 5.74) is 14.8. The Morgan fingerprint density at radius 3 is 2.82 bits per heavy atom. The highest BCUT2D eigenvalue weighted by Gasteiger charge is 2.49. The molecule has 152 valence electrons. The fourth-order valence-corrected chi connectivity index (χ4v) is 4.34. The number of morpholine rings is 1. The summed E-state index contributed by atoms with van der Waals surface area (Å²) in [5, 5.41) is 11.5. The van der Waals surface area contributed by atoms with Crippen LogP contribution in [0.5, 0.6) is 0 Å². The molecule has 1 unspecified atom stereocenters. The van der Waals surface area contributed by atoms with Gasteiger partial charge in [0.05, 0.1) is 42.2 Å². The Bertz CT molecular complexity index is 897. The molecule has 1 saturated carbocycles. The number of amides is 1. The van der Waals surface area contributed by atoms with Gasteiger partial charge < -0.3 is 26.8 Å². The summed E-state index contributed by atoms with van der Waals surface area (Å²) < 4.78 is 7.38. The minimum absolute atomic E-state index is 0.107. The first kappa shape index (κ1) is 19.2. The molecule has 8 heteroatoms. The van der Waals surface area contributed by atoms with Crippen molar-refractivity contribution in [2.45, 2.75) is 51.2 Å². The molecule has 1 amide bonds. The lowest BCUT2D eigenvalue weighted by atomic mass is 9.75. The number of nitrogens with two attached hydrogens (primary N) is 2. The molecule has 8 nitrogen and oxygen atoms in total. The molecule has 3 heterocycles. The van der Waals surface area contributed by atoms with Crippen molar-refractivity contribution < 1.29 is 9.53 Å². The number of ether oxygens (including phenoxy) is 1. The maximum atomic E-state index is 12.1. The van der Waals surface area contributed by atoms with Gasteiger partial charge in [-0.2, -0.15) is 5.10 Å². The van der Waals surface area contributed by atoms with Crippen LogP contribution in [0.2, 0.25) is 0 Å². The summed E-state index contributed by atoms with van der Waals surface area (Å²) in [6.45, 7) is 8.59. The van der Waals surface area contributed by atoms with Crippen molar-refractivity contribution in [1.29, 1.82) is 0 Å². The Kier molecular flexibility index (Phi) is 4.60. The molecule has 2 aromatic heterocycles. The highest BCUT2D eigenvalue weighted by atomic mass is 16.5. The highest BCUT2D eigenvalue weighted by Crippen LogP contribution is 2.46. The smallest absolute Gasteiger partial charge is 0.252 e. The van der Waals surface area contributed by atoms with E-state index in [4.69, 9.17) is 16.2 Å². The van der Waals surface area contributed by atoms with Gasteiger partial charge in [0.25, 0.3) is 5.91 Å². The molecule has 0 aromatic carbocycles. The van der Waals surface area contributed by atoms with Gasteiger partial charge in [-0.3, -0.25) is 4.79 Å². The van der Waals surface area contributed by atoms with Crippen molar-refractivity contribution >= 4 is 17.1 Å². The molecular formula is C20H30N6O2. The number of primary amides is 1. The van der Waals surface area contributed by atoms with E-state index in [0.29, 0.717) is 12.2 Å². The molecule has 28 heavy (non-hydrogen) atoms. The molecule has 2 fully saturated rings. The second-order valence-corrected chi connectivity index (χ2v) is 8.86. The van der Waals surface area contributed by atoms with Crippen molar-refractivity contribution in [3.05, 3.63) is 29.6 Å². The molecule has 6 N–H and O–H groups in total. The lowest BCUT2D eigenvalue weighted by Crippen LogP contribution is -2.51. The van der Waals surface area contributed by atoms with E-state index in [2.05, 4.69) is 42.6 Å². The zero-order valence-electron chi connectivity index (χ0n) is 16.8. The van der Waals surface area contributed by atoms with Gasteiger partial charge in [-0.15, -0.1) is 0 Å².